The van der Waals surface area contributed by atoms with E-state index in [0.717, 1.165) is 43.5 Å². The first-order valence-corrected chi connectivity index (χ1v) is 12.0. The van der Waals surface area contributed by atoms with Crippen molar-refractivity contribution in [1.82, 2.24) is 26.0 Å². The molecular formula is C23H42FN8O+. The number of nitrogens with one attached hydrogen (secondary N) is 4. The molecule has 0 aliphatic carbocycles. The standard InChI is InChI=1S/C23H41FN8O/c1-4-8-23(5-2)9-6-15(24)12-30-17(11-23)20(21(25)26)22(33)32-19-13-29-10-7-16(19)18(28-3)14-31-27/h18,20-21,28-29,31H,4-11,13-14,25-27H2,1-3H3/p+1. The Bertz CT molecular complexity index is 813. The number of amides is 1. The number of allylic oxidation sites excluding steroid dienone is 1. The molecule has 9 nitrogen and oxygen atoms in total. The summed E-state index contributed by atoms with van der Waals surface area (Å²) in [7, 11) is 1.85. The van der Waals surface area contributed by atoms with Gasteiger partial charge >= 0.3 is 11.6 Å². The second-order valence-electron chi connectivity index (χ2n) is 9.12. The maximum Gasteiger partial charge on any atom is 0.346 e. The Hall–Kier alpha value is -1.87. The van der Waals surface area contributed by atoms with E-state index in [-0.39, 0.29) is 17.4 Å². The number of nitrogens with two attached hydrogens (primary N) is 3. The molecule has 0 fully saturated rings. The zero-order valence-corrected chi connectivity index (χ0v) is 20.3. The van der Waals surface area contributed by atoms with Gasteiger partial charge in [0, 0.05) is 31.2 Å². The Kier molecular flexibility index (Phi) is 10.9. The third-order valence-corrected chi connectivity index (χ3v) is 6.93. The fourth-order valence-corrected chi connectivity index (χ4v) is 4.98. The summed E-state index contributed by atoms with van der Waals surface area (Å²) < 4.78 is 18.6. The first-order chi connectivity index (χ1) is 15.8. The van der Waals surface area contributed by atoms with Crippen LogP contribution in [0.15, 0.2) is 17.1 Å². The monoisotopic (exact) mass is 465 g/mol. The molecule has 0 aromatic rings. The molecule has 10 heteroatoms. The lowest BCUT2D eigenvalue weighted by Crippen LogP contribution is -2.53. The number of rotatable bonds is 11. The summed E-state index contributed by atoms with van der Waals surface area (Å²) in [5, 5.41) is 9.57. The van der Waals surface area contributed by atoms with Crippen LogP contribution < -0.4 is 43.4 Å². The second kappa shape index (κ2) is 13.1. The molecule has 2 aliphatic heterocycles. The SMILES string of the molecule is CCCC1(CC)CCC(F)=C=[N+]=C(C(C(=O)NC2=C(C(CNN)NC)CCNC2)C(N)N)C1. The Morgan fingerprint density at radius 2 is 2.09 bits per heavy atom. The number of halogens is 1. The number of carbonyl (C=O) groups is 1. The topological polar surface area (TPSA) is 157 Å². The number of carbonyl (C=O) groups excluding carboxylic acids is 1. The van der Waals surface area contributed by atoms with Crippen LogP contribution in [0, 0.1) is 11.3 Å². The van der Waals surface area contributed by atoms with Crippen molar-refractivity contribution >= 4 is 17.5 Å². The highest BCUT2D eigenvalue weighted by Crippen LogP contribution is 2.39. The normalized spacial score (nSPS) is 23.5. The van der Waals surface area contributed by atoms with Crippen LogP contribution in [0.25, 0.3) is 0 Å². The highest BCUT2D eigenvalue weighted by molar-refractivity contribution is 6.05. The van der Waals surface area contributed by atoms with Gasteiger partial charge in [0.1, 0.15) is 0 Å². The average Bonchev–Trinajstić information content (AvgIpc) is 2.78. The van der Waals surface area contributed by atoms with Crippen molar-refractivity contribution in [2.45, 2.75) is 71.0 Å². The molecule has 3 unspecified atom stereocenters. The minimum Gasteiger partial charge on any atom is -0.328 e. The highest BCUT2D eigenvalue weighted by Gasteiger charge is 2.43. The van der Waals surface area contributed by atoms with Crippen molar-refractivity contribution in [1.29, 1.82) is 0 Å². The van der Waals surface area contributed by atoms with Gasteiger partial charge in [0.25, 0.3) is 0 Å². The van der Waals surface area contributed by atoms with E-state index in [2.05, 4.69) is 45.8 Å². The van der Waals surface area contributed by atoms with E-state index >= 15 is 0 Å². The zero-order chi connectivity index (χ0) is 24.4. The predicted octanol–water partition coefficient (Wildman–Crippen LogP) is -0.327. The summed E-state index contributed by atoms with van der Waals surface area (Å²) in [6.07, 6.45) is 4.05. The molecule has 0 aromatic carbocycles. The van der Waals surface area contributed by atoms with Crippen LogP contribution in [0.5, 0.6) is 0 Å². The first-order valence-electron chi connectivity index (χ1n) is 12.0. The van der Waals surface area contributed by atoms with E-state index in [1.807, 2.05) is 7.05 Å². The summed E-state index contributed by atoms with van der Waals surface area (Å²) in [5.41, 5.74) is 17.1. The van der Waals surface area contributed by atoms with Gasteiger partial charge in [-0.3, -0.25) is 16.1 Å². The number of nitrogens with zero attached hydrogens (tertiary/aromatic N) is 1. The maximum atomic E-state index is 14.3. The molecule has 0 saturated heterocycles. The quantitative estimate of drug-likeness (QED) is 0.0953. The van der Waals surface area contributed by atoms with Gasteiger partial charge < -0.3 is 27.4 Å². The summed E-state index contributed by atoms with van der Waals surface area (Å²) >= 11 is 0. The molecule has 2 aliphatic rings. The van der Waals surface area contributed by atoms with Gasteiger partial charge in [0.05, 0.1) is 12.6 Å². The Labute approximate surface area is 196 Å². The van der Waals surface area contributed by atoms with Gasteiger partial charge in [-0.05, 0) is 54.9 Å². The zero-order valence-electron chi connectivity index (χ0n) is 20.3. The van der Waals surface area contributed by atoms with E-state index in [9.17, 15) is 9.18 Å². The lowest BCUT2D eigenvalue weighted by atomic mass is 9.71. The maximum absolute atomic E-state index is 14.3. The third kappa shape index (κ3) is 7.30. The molecule has 10 N–H and O–H groups in total. The molecule has 2 rings (SSSR count). The van der Waals surface area contributed by atoms with Crippen LogP contribution in [0.1, 0.15) is 58.8 Å². The van der Waals surface area contributed by atoms with Crippen LogP contribution in [-0.2, 0) is 4.79 Å². The number of likely N-dealkylation sites (N-methyl/N-ethyl adjacent to an activating group) is 1. The van der Waals surface area contributed by atoms with E-state index in [1.165, 1.54) is 0 Å². The van der Waals surface area contributed by atoms with Gasteiger partial charge in [-0.25, -0.2) is 0 Å². The van der Waals surface area contributed by atoms with Crippen LogP contribution in [0.2, 0.25) is 0 Å². The molecule has 0 spiro atoms. The molecule has 186 valence electrons. The Morgan fingerprint density at radius 3 is 2.70 bits per heavy atom. The van der Waals surface area contributed by atoms with Crippen LogP contribution in [0.4, 0.5) is 4.39 Å². The smallest absolute Gasteiger partial charge is 0.328 e. The Balaban J connectivity index is 2.43. The van der Waals surface area contributed by atoms with Crippen molar-refractivity contribution < 1.29 is 9.18 Å². The van der Waals surface area contributed by atoms with Gasteiger partial charge in [-0.1, -0.05) is 20.3 Å². The summed E-state index contributed by atoms with van der Waals surface area (Å²) in [4.78, 5) is 13.5. The van der Waals surface area contributed by atoms with Gasteiger partial charge in [-0.2, -0.15) is 4.39 Å². The molecule has 0 saturated carbocycles. The third-order valence-electron chi connectivity index (χ3n) is 6.93. The largest absolute Gasteiger partial charge is 0.346 e. The lowest BCUT2D eigenvalue weighted by Gasteiger charge is -2.32. The van der Waals surface area contributed by atoms with Crippen molar-refractivity contribution in [2.75, 3.05) is 26.7 Å². The van der Waals surface area contributed by atoms with Gasteiger partial charge in [0.2, 0.25) is 11.7 Å². The van der Waals surface area contributed by atoms with E-state index in [1.54, 1.807) is 0 Å². The Morgan fingerprint density at radius 1 is 1.33 bits per heavy atom. The fraction of sp³-hybridized carbons (Fsp3) is 0.739. The van der Waals surface area contributed by atoms with Crippen LogP contribution in [0.3, 0.4) is 0 Å². The van der Waals surface area contributed by atoms with Gasteiger partial charge in [-0.15, -0.1) is 0 Å². The molecular weight excluding hydrogens is 423 g/mol. The van der Waals surface area contributed by atoms with E-state index < -0.39 is 17.9 Å². The summed E-state index contributed by atoms with van der Waals surface area (Å²) in [6.45, 7) is 6.05. The van der Waals surface area contributed by atoms with Crippen LogP contribution in [-0.4, -0.2) is 56.4 Å². The van der Waals surface area contributed by atoms with Gasteiger partial charge in [0.15, 0.2) is 5.92 Å². The molecule has 0 bridgehead atoms. The number of hydrazine groups is 1. The average molecular weight is 466 g/mol. The molecule has 3 atom stereocenters. The van der Waals surface area contributed by atoms with E-state index in [0.29, 0.717) is 38.1 Å². The van der Waals surface area contributed by atoms with Crippen molar-refractivity contribution in [3.05, 3.63) is 17.1 Å². The lowest BCUT2D eigenvalue weighted by molar-refractivity contribution is -0.122. The fourth-order valence-electron chi connectivity index (χ4n) is 4.98. The van der Waals surface area contributed by atoms with Crippen molar-refractivity contribution in [2.24, 2.45) is 28.6 Å². The summed E-state index contributed by atoms with van der Waals surface area (Å²) in [5.74, 6) is 6.39. The first kappa shape index (κ1) is 27.4. The summed E-state index contributed by atoms with van der Waals surface area (Å²) in [6, 6.07) is -0.0289. The van der Waals surface area contributed by atoms with Crippen LogP contribution >= 0.6 is 0 Å². The molecule has 0 aromatic heterocycles. The van der Waals surface area contributed by atoms with E-state index in [4.69, 9.17) is 17.3 Å². The molecule has 2 heterocycles. The second-order valence-corrected chi connectivity index (χ2v) is 9.12. The van der Waals surface area contributed by atoms with Crippen molar-refractivity contribution in [3.8, 4) is 0 Å². The number of hydrogen-bond donors (Lipinski definition) is 7. The molecule has 0 radical (unpaired) electrons. The highest BCUT2D eigenvalue weighted by atomic mass is 19.1. The number of hydrogen-bond acceptors (Lipinski definition) is 7. The predicted molar refractivity (Wildman–Crippen MR) is 132 cm³/mol. The molecule has 1 amide bonds. The minimum absolute atomic E-state index is 0.0289. The van der Waals surface area contributed by atoms with Crippen molar-refractivity contribution in [3.63, 3.8) is 0 Å². The molecule has 33 heavy (non-hydrogen) atoms. The minimum atomic E-state index is -0.976.